The Morgan fingerprint density at radius 2 is 1.85 bits per heavy atom. The number of nitrogens with zero attached hydrogens (tertiary/aromatic N) is 4. The fraction of sp³-hybridized carbons (Fsp3) is 0.400. The van der Waals surface area contributed by atoms with E-state index in [1.54, 1.807) is 36.4 Å². The third-order valence-corrected chi connectivity index (χ3v) is 5.47. The van der Waals surface area contributed by atoms with Crippen LogP contribution in [0.2, 0.25) is 0 Å². The Hall–Kier alpha value is -2.66. The van der Waals surface area contributed by atoms with Gasteiger partial charge in [0.05, 0.1) is 31.2 Å². The monoisotopic (exact) mass is 382 g/mol. The highest BCUT2D eigenvalue weighted by atomic mass is 32.2. The number of nitrogen functional groups attached to an aromatic ring is 1. The Labute approximate surface area is 150 Å². The van der Waals surface area contributed by atoms with Crippen molar-refractivity contribution < 1.29 is 27.3 Å². The summed E-state index contributed by atoms with van der Waals surface area (Å²) < 4.78 is 34.7. The number of ketones is 1. The van der Waals surface area contributed by atoms with Crippen LogP contribution in [-0.4, -0.2) is 63.3 Å². The van der Waals surface area contributed by atoms with Gasteiger partial charge in [-0.25, -0.2) is 8.42 Å². The number of aromatic nitrogens is 2. The van der Waals surface area contributed by atoms with E-state index < -0.39 is 10.0 Å². The fourth-order valence-electron chi connectivity index (χ4n) is 2.74. The summed E-state index contributed by atoms with van der Waals surface area (Å²) in [7, 11) is -1.71. The lowest BCUT2D eigenvalue weighted by molar-refractivity contribution is -0.760. The predicted molar refractivity (Wildman–Crippen MR) is 91.9 cm³/mol. The number of ether oxygens (including phenoxy) is 1. The largest absolute Gasteiger partial charge is 0.497 e. The molecule has 0 unspecified atom stereocenters. The molecule has 2 heterocycles. The molecule has 140 valence electrons. The van der Waals surface area contributed by atoms with Gasteiger partial charge in [0.25, 0.3) is 5.78 Å². The zero-order valence-electron chi connectivity index (χ0n) is 14.5. The van der Waals surface area contributed by atoms with Crippen LogP contribution in [0.25, 0.3) is 0 Å². The molecule has 11 heteroatoms. The average molecular weight is 382 g/mol. The van der Waals surface area contributed by atoms with Gasteiger partial charge in [-0.05, 0) is 24.3 Å². The molecule has 0 bridgehead atoms. The zero-order chi connectivity index (χ0) is 18.9. The Kier molecular flexibility index (Phi) is 4.83. The highest BCUT2D eigenvalue weighted by molar-refractivity contribution is 7.88. The van der Waals surface area contributed by atoms with Crippen molar-refractivity contribution in [2.24, 2.45) is 0 Å². The number of hydrogen-bond acceptors (Lipinski definition) is 8. The van der Waals surface area contributed by atoms with Crippen LogP contribution in [0.15, 0.2) is 28.8 Å². The van der Waals surface area contributed by atoms with Crippen molar-refractivity contribution in [1.29, 1.82) is 0 Å². The molecule has 1 aliphatic heterocycles. The van der Waals surface area contributed by atoms with E-state index in [0.717, 1.165) is 0 Å². The fourth-order valence-corrected chi connectivity index (χ4v) is 3.57. The number of hydrogen-bond donors (Lipinski definition) is 1. The van der Waals surface area contributed by atoms with Gasteiger partial charge in [0.2, 0.25) is 15.3 Å². The SMILES string of the molecule is COc1ccc(C(=O)c2c(N)on[n+]2N2CCN(S(C)(=O)=O)CC2)cc1. The topological polar surface area (TPSA) is 123 Å². The molecule has 0 aliphatic carbocycles. The van der Waals surface area contributed by atoms with Gasteiger partial charge >= 0.3 is 11.6 Å². The van der Waals surface area contributed by atoms with Gasteiger partial charge in [-0.3, -0.25) is 9.32 Å². The van der Waals surface area contributed by atoms with Crippen molar-refractivity contribution in [2.45, 2.75) is 0 Å². The van der Waals surface area contributed by atoms with E-state index in [0.29, 0.717) is 24.4 Å². The van der Waals surface area contributed by atoms with Gasteiger partial charge in [0.15, 0.2) is 0 Å². The lowest BCUT2D eigenvalue weighted by atomic mass is 10.1. The minimum atomic E-state index is -3.25. The van der Waals surface area contributed by atoms with Crippen molar-refractivity contribution in [2.75, 3.05) is 50.3 Å². The maximum absolute atomic E-state index is 12.8. The summed E-state index contributed by atoms with van der Waals surface area (Å²) >= 11 is 0. The second-order valence-corrected chi connectivity index (χ2v) is 7.83. The molecule has 1 aromatic heterocycles. The first-order valence-electron chi connectivity index (χ1n) is 7.88. The van der Waals surface area contributed by atoms with Gasteiger partial charge in [-0.2, -0.15) is 4.31 Å². The molecule has 2 N–H and O–H groups in total. The molecule has 0 atom stereocenters. The standard InChI is InChI=1S/C15H19N5O5S/c1-24-12-5-3-11(4-6-12)14(21)13-15(16)25-17-20(13)18-7-9-19(10-8-18)26(2,22)23/h3-6H,7-10H2,1-2H3,(H-,16,17,21)/p+1. The highest BCUT2D eigenvalue weighted by Gasteiger charge is 2.38. The highest BCUT2D eigenvalue weighted by Crippen LogP contribution is 2.17. The first-order valence-corrected chi connectivity index (χ1v) is 9.72. The first-order chi connectivity index (χ1) is 12.3. The second-order valence-electron chi connectivity index (χ2n) is 5.85. The minimum absolute atomic E-state index is 0.1000. The number of piperazine rings is 1. The van der Waals surface area contributed by atoms with E-state index in [4.69, 9.17) is 15.0 Å². The number of carbonyl (C=O) groups excluding carboxylic acids is 1. The normalized spacial score (nSPS) is 15.8. The van der Waals surface area contributed by atoms with Crippen molar-refractivity contribution in [3.63, 3.8) is 0 Å². The molecule has 1 aliphatic rings. The molecule has 10 nitrogen and oxygen atoms in total. The van der Waals surface area contributed by atoms with E-state index in [9.17, 15) is 13.2 Å². The van der Waals surface area contributed by atoms with E-state index in [1.807, 2.05) is 0 Å². The molecule has 26 heavy (non-hydrogen) atoms. The van der Waals surface area contributed by atoms with Crippen LogP contribution in [0, 0.1) is 0 Å². The molecular weight excluding hydrogens is 362 g/mol. The number of methoxy groups -OCH3 is 1. The number of nitrogens with two attached hydrogens (primary N) is 1. The number of rotatable bonds is 5. The summed E-state index contributed by atoms with van der Waals surface area (Å²) in [6.07, 6.45) is 1.17. The maximum Gasteiger partial charge on any atom is 0.378 e. The Morgan fingerprint density at radius 1 is 1.23 bits per heavy atom. The molecule has 0 amide bonds. The van der Waals surface area contributed by atoms with Gasteiger partial charge < -0.3 is 10.5 Å². The molecule has 2 aromatic rings. The first kappa shape index (κ1) is 18.1. The number of carbonyl (C=O) groups is 1. The molecule has 0 spiro atoms. The molecular formula is C15H20N5O5S+. The summed E-state index contributed by atoms with van der Waals surface area (Å²) in [6.45, 7) is 1.28. The smallest absolute Gasteiger partial charge is 0.378 e. The van der Waals surface area contributed by atoms with Crippen molar-refractivity contribution in [1.82, 2.24) is 9.58 Å². The lowest BCUT2D eigenvalue weighted by Gasteiger charge is -2.28. The molecule has 1 aromatic carbocycles. The quantitative estimate of drug-likeness (QED) is 0.516. The van der Waals surface area contributed by atoms with Crippen LogP contribution in [0.4, 0.5) is 5.88 Å². The van der Waals surface area contributed by atoms with E-state index in [-0.39, 0.29) is 30.5 Å². The molecule has 0 saturated carbocycles. The summed E-state index contributed by atoms with van der Waals surface area (Å²) in [5, 5.41) is 5.56. The molecule has 3 rings (SSSR count). The lowest BCUT2D eigenvalue weighted by Crippen LogP contribution is -2.67. The van der Waals surface area contributed by atoms with Crippen LogP contribution >= 0.6 is 0 Å². The van der Waals surface area contributed by atoms with Crippen LogP contribution < -0.4 is 20.3 Å². The maximum atomic E-state index is 12.8. The Balaban J connectivity index is 1.84. The summed E-state index contributed by atoms with van der Waals surface area (Å²) in [6, 6.07) is 6.59. The van der Waals surface area contributed by atoms with Crippen LogP contribution in [0.5, 0.6) is 5.75 Å². The van der Waals surface area contributed by atoms with Crippen LogP contribution in [0.1, 0.15) is 16.1 Å². The molecule has 1 fully saturated rings. The third-order valence-electron chi connectivity index (χ3n) is 4.17. The van der Waals surface area contributed by atoms with E-state index in [1.165, 1.54) is 15.4 Å². The number of anilines is 1. The summed E-state index contributed by atoms with van der Waals surface area (Å²) in [5.74, 6) is 0.179. The van der Waals surface area contributed by atoms with E-state index in [2.05, 4.69) is 5.27 Å². The average Bonchev–Trinajstić information content (AvgIpc) is 3.02. The zero-order valence-corrected chi connectivity index (χ0v) is 15.3. The van der Waals surface area contributed by atoms with Crippen LogP contribution in [-0.2, 0) is 10.0 Å². The van der Waals surface area contributed by atoms with Crippen molar-refractivity contribution in [3.8, 4) is 5.75 Å². The Morgan fingerprint density at radius 3 is 2.38 bits per heavy atom. The summed E-state index contributed by atoms with van der Waals surface area (Å²) in [4.78, 5) is 14.1. The van der Waals surface area contributed by atoms with E-state index >= 15 is 0 Å². The Bertz CT molecular complexity index is 901. The van der Waals surface area contributed by atoms with Gasteiger partial charge in [0.1, 0.15) is 5.75 Å². The number of benzene rings is 1. The second kappa shape index (κ2) is 6.92. The third kappa shape index (κ3) is 3.48. The van der Waals surface area contributed by atoms with Gasteiger partial charge in [-0.15, -0.1) is 5.01 Å². The van der Waals surface area contributed by atoms with Crippen molar-refractivity contribution in [3.05, 3.63) is 35.5 Å². The van der Waals surface area contributed by atoms with Gasteiger partial charge in [0, 0.05) is 18.7 Å². The number of sulfonamides is 1. The van der Waals surface area contributed by atoms with Gasteiger partial charge in [-0.1, -0.05) is 0 Å². The predicted octanol–water partition coefficient (Wildman–Crippen LogP) is -1.00. The van der Waals surface area contributed by atoms with Crippen molar-refractivity contribution >= 4 is 21.7 Å². The molecule has 0 radical (unpaired) electrons. The van der Waals surface area contributed by atoms with Crippen LogP contribution in [0.3, 0.4) is 0 Å². The molecule has 1 saturated heterocycles. The minimum Gasteiger partial charge on any atom is -0.497 e. The summed E-state index contributed by atoms with van der Waals surface area (Å²) in [5.41, 5.74) is 6.32.